The number of hydrogen-bond acceptors (Lipinski definition) is 4. The van der Waals surface area contributed by atoms with E-state index in [1.165, 1.54) is 17.4 Å². The Labute approximate surface area is 79.5 Å². The third kappa shape index (κ3) is 1.48. The second-order valence-corrected chi connectivity index (χ2v) is 3.51. The number of nitrogen functional groups attached to an aromatic ring is 1. The van der Waals surface area contributed by atoms with Gasteiger partial charge in [0.15, 0.2) is 0 Å². The van der Waals surface area contributed by atoms with Crippen LogP contribution in [0.25, 0.3) is 10.6 Å². The topological polar surface area (TPSA) is 59.1 Å². The van der Waals surface area contributed by atoms with Gasteiger partial charge >= 0.3 is 0 Å². The third-order valence-electron chi connectivity index (χ3n) is 1.68. The fraction of sp³-hybridized carbons (Fsp3) is 0. The first-order chi connectivity index (χ1) is 6.27. The van der Waals surface area contributed by atoms with E-state index < -0.39 is 0 Å². The molecule has 0 aliphatic carbocycles. The van der Waals surface area contributed by atoms with Gasteiger partial charge in [0.1, 0.15) is 10.8 Å². The molecule has 1 aromatic carbocycles. The molecule has 0 aliphatic rings. The maximum absolute atomic E-state index is 9.55. The first kappa shape index (κ1) is 8.07. The van der Waals surface area contributed by atoms with Crippen molar-refractivity contribution in [3.05, 3.63) is 29.8 Å². The highest BCUT2D eigenvalue weighted by Crippen LogP contribution is 2.31. The number of thiazole rings is 1. The van der Waals surface area contributed by atoms with Gasteiger partial charge in [-0.25, -0.2) is 4.98 Å². The van der Waals surface area contributed by atoms with E-state index in [-0.39, 0.29) is 5.75 Å². The minimum absolute atomic E-state index is 0.176. The van der Waals surface area contributed by atoms with Gasteiger partial charge in [-0.2, -0.15) is 0 Å². The van der Waals surface area contributed by atoms with Crippen LogP contribution in [0.4, 0.5) is 5.69 Å². The zero-order chi connectivity index (χ0) is 9.26. The van der Waals surface area contributed by atoms with Crippen molar-refractivity contribution >= 4 is 17.0 Å². The van der Waals surface area contributed by atoms with Crippen molar-refractivity contribution < 1.29 is 5.11 Å². The van der Waals surface area contributed by atoms with Crippen LogP contribution in [0.2, 0.25) is 0 Å². The fourth-order valence-electron chi connectivity index (χ4n) is 1.09. The van der Waals surface area contributed by atoms with Gasteiger partial charge < -0.3 is 10.8 Å². The van der Waals surface area contributed by atoms with Gasteiger partial charge in [-0.3, -0.25) is 0 Å². The molecule has 1 aromatic heterocycles. The van der Waals surface area contributed by atoms with Crippen LogP contribution in [-0.4, -0.2) is 10.1 Å². The molecule has 0 saturated heterocycles. The van der Waals surface area contributed by atoms with Crippen LogP contribution in [0.3, 0.4) is 0 Å². The molecular formula is C9H8N2OS. The van der Waals surface area contributed by atoms with Gasteiger partial charge in [0.25, 0.3) is 0 Å². The molecule has 4 heteroatoms. The van der Waals surface area contributed by atoms with Crippen LogP contribution in [0.1, 0.15) is 0 Å². The smallest absolute Gasteiger partial charge is 0.127 e. The second kappa shape index (κ2) is 3.06. The average molecular weight is 192 g/mol. The highest BCUT2D eigenvalue weighted by molar-refractivity contribution is 7.13. The molecule has 0 atom stereocenters. The van der Waals surface area contributed by atoms with Crippen LogP contribution in [0.5, 0.6) is 5.75 Å². The van der Waals surface area contributed by atoms with E-state index in [0.717, 1.165) is 10.6 Å². The van der Waals surface area contributed by atoms with Gasteiger partial charge in [-0.15, -0.1) is 11.3 Å². The van der Waals surface area contributed by atoms with E-state index in [1.54, 1.807) is 18.3 Å². The van der Waals surface area contributed by atoms with Gasteiger partial charge in [0, 0.05) is 23.3 Å². The van der Waals surface area contributed by atoms with Crippen molar-refractivity contribution in [1.29, 1.82) is 0 Å². The van der Waals surface area contributed by atoms with E-state index in [2.05, 4.69) is 4.98 Å². The quantitative estimate of drug-likeness (QED) is 0.680. The SMILES string of the molecule is Nc1ccc(-c2nccs2)c(O)c1. The fourth-order valence-corrected chi connectivity index (χ4v) is 1.76. The Hall–Kier alpha value is -1.55. The molecule has 13 heavy (non-hydrogen) atoms. The number of phenols is 1. The summed E-state index contributed by atoms with van der Waals surface area (Å²) < 4.78 is 0. The molecular weight excluding hydrogens is 184 g/mol. The zero-order valence-corrected chi connectivity index (χ0v) is 7.58. The van der Waals surface area contributed by atoms with Gasteiger partial charge in [-0.05, 0) is 12.1 Å². The van der Waals surface area contributed by atoms with E-state index in [0.29, 0.717) is 5.69 Å². The number of benzene rings is 1. The molecule has 0 unspecified atom stereocenters. The van der Waals surface area contributed by atoms with Crippen LogP contribution in [0, 0.1) is 0 Å². The molecule has 66 valence electrons. The van der Waals surface area contributed by atoms with Crippen LogP contribution in [0.15, 0.2) is 29.8 Å². The minimum Gasteiger partial charge on any atom is -0.507 e. The van der Waals surface area contributed by atoms with Crippen LogP contribution >= 0.6 is 11.3 Å². The van der Waals surface area contributed by atoms with E-state index >= 15 is 0 Å². The average Bonchev–Trinajstić information content (AvgIpc) is 2.56. The summed E-state index contributed by atoms with van der Waals surface area (Å²) >= 11 is 1.48. The predicted molar refractivity (Wildman–Crippen MR) is 53.6 cm³/mol. The van der Waals surface area contributed by atoms with Gasteiger partial charge in [0.2, 0.25) is 0 Å². The number of aromatic nitrogens is 1. The van der Waals surface area contributed by atoms with E-state index in [1.807, 2.05) is 5.38 Å². The van der Waals surface area contributed by atoms with Crippen molar-refractivity contribution in [3.8, 4) is 16.3 Å². The Balaban J connectivity index is 2.53. The first-order valence-corrected chi connectivity index (χ1v) is 4.63. The standard InChI is InChI=1S/C9H8N2OS/c10-6-1-2-7(8(12)5-6)9-11-3-4-13-9/h1-5,12H,10H2. The minimum atomic E-state index is 0.176. The van der Waals surface area contributed by atoms with Gasteiger partial charge in [-0.1, -0.05) is 0 Å². The molecule has 3 N–H and O–H groups in total. The number of rotatable bonds is 1. The summed E-state index contributed by atoms with van der Waals surface area (Å²) in [5, 5.41) is 12.2. The summed E-state index contributed by atoms with van der Waals surface area (Å²) in [6, 6.07) is 5.04. The molecule has 0 spiro atoms. The molecule has 2 aromatic rings. The number of nitrogens with two attached hydrogens (primary N) is 1. The Bertz CT molecular complexity index is 412. The predicted octanol–water partition coefficient (Wildman–Crippen LogP) is 2.10. The summed E-state index contributed by atoms with van der Waals surface area (Å²) in [6.45, 7) is 0. The number of phenolic OH excluding ortho intramolecular Hbond substituents is 1. The summed E-state index contributed by atoms with van der Waals surface area (Å²) in [6.07, 6.45) is 1.70. The third-order valence-corrected chi connectivity index (χ3v) is 2.49. The Morgan fingerprint density at radius 2 is 2.23 bits per heavy atom. The summed E-state index contributed by atoms with van der Waals surface area (Å²) in [7, 11) is 0. The number of aromatic hydroxyl groups is 1. The number of nitrogens with zero attached hydrogens (tertiary/aromatic N) is 1. The van der Waals surface area contributed by atoms with Crippen molar-refractivity contribution in [3.63, 3.8) is 0 Å². The Morgan fingerprint density at radius 1 is 1.38 bits per heavy atom. The molecule has 0 amide bonds. The van der Waals surface area contributed by atoms with Crippen molar-refractivity contribution in [2.24, 2.45) is 0 Å². The Kier molecular flexibility index (Phi) is 1.90. The lowest BCUT2D eigenvalue weighted by Gasteiger charge is -2.01. The maximum Gasteiger partial charge on any atom is 0.127 e. The second-order valence-electron chi connectivity index (χ2n) is 2.61. The molecule has 0 radical (unpaired) electrons. The lowest BCUT2D eigenvalue weighted by molar-refractivity contribution is 0.477. The molecule has 0 fully saturated rings. The normalized spacial score (nSPS) is 10.2. The molecule has 1 heterocycles. The van der Waals surface area contributed by atoms with Crippen LogP contribution < -0.4 is 5.73 Å². The lowest BCUT2D eigenvalue weighted by Crippen LogP contribution is -1.84. The number of anilines is 1. The number of hydrogen-bond donors (Lipinski definition) is 2. The molecule has 0 saturated carbocycles. The lowest BCUT2D eigenvalue weighted by atomic mass is 10.2. The molecule has 0 aliphatic heterocycles. The summed E-state index contributed by atoms with van der Waals surface area (Å²) in [4.78, 5) is 4.09. The monoisotopic (exact) mass is 192 g/mol. The summed E-state index contributed by atoms with van der Waals surface area (Å²) in [5.41, 5.74) is 6.78. The Morgan fingerprint density at radius 3 is 2.85 bits per heavy atom. The van der Waals surface area contributed by atoms with E-state index in [9.17, 15) is 5.11 Å². The maximum atomic E-state index is 9.55. The highest BCUT2D eigenvalue weighted by Gasteiger charge is 2.05. The van der Waals surface area contributed by atoms with Crippen LogP contribution in [-0.2, 0) is 0 Å². The zero-order valence-electron chi connectivity index (χ0n) is 6.77. The first-order valence-electron chi connectivity index (χ1n) is 3.76. The van der Waals surface area contributed by atoms with E-state index in [4.69, 9.17) is 5.73 Å². The molecule has 0 bridgehead atoms. The van der Waals surface area contributed by atoms with Gasteiger partial charge in [0.05, 0.1) is 5.56 Å². The molecule has 3 nitrogen and oxygen atoms in total. The molecule has 2 rings (SSSR count). The highest BCUT2D eigenvalue weighted by atomic mass is 32.1. The van der Waals surface area contributed by atoms with Crippen molar-refractivity contribution in [2.45, 2.75) is 0 Å². The van der Waals surface area contributed by atoms with Crippen molar-refractivity contribution in [2.75, 3.05) is 5.73 Å². The van der Waals surface area contributed by atoms with Crippen molar-refractivity contribution in [1.82, 2.24) is 4.98 Å². The summed E-state index contributed by atoms with van der Waals surface area (Å²) in [5.74, 6) is 0.176. The largest absolute Gasteiger partial charge is 0.507 e.